The Morgan fingerprint density at radius 3 is 1.03 bits per heavy atom. The topological polar surface area (TPSA) is 18.5 Å². The number of rotatable bonds is 23. The van der Waals surface area contributed by atoms with Gasteiger partial charge in [-0.25, -0.2) is 0 Å². The monoisotopic (exact) mass is 911 g/mol. The predicted octanol–water partition coefficient (Wildman–Crippen LogP) is 19.1. The van der Waals surface area contributed by atoms with Crippen LogP contribution in [0.1, 0.15) is 238 Å². The number of unbranched alkanes of at least 4 members (excludes halogenated alkanes) is 5. The third-order valence-electron chi connectivity index (χ3n) is 16.4. The summed E-state index contributed by atoms with van der Waals surface area (Å²) in [6.45, 7) is 10.6. The van der Waals surface area contributed by atoms with E-state index in [2.05, 4.69) is 99.9 Å². The molecular weight excluding hydrogens is 813 g/mol. The molecule has 2 aromatic rings. The molecule has 0 aromatic heterocycles. The molecule has 0 saturated heterocycles. The summed E-state index contributed by atoms with van der Waals surface area (Å²) in [6, 6.07) is 16.4. The Balaban J connectivity index is 0.000000251. The highest BCUT2D eigenvalue weighted by Crippen LogP contribution is 2.40. The van der Waals surface area contributed by atoms with E-state index in [1.54, 1.807) is 0 Å². The van der Waals surface area contributed by atoms with Crippen LogP contribution >= 0.6 is 0 Å². The first-order valence-corrected chi connectivity index (χ1v) is 28.8. The first-order valence-electron chi connectivity index (χ1n) is 28.8. The summed E-state index contributed by atoms with van der Waals surface area (Å²) in [4.78, 5) is 0. The van der Waals surface area contributed by atoms with Gasteiger partial charge in [-0.05, 0) is 172 Å². The van der Waals surface area contributed by atoms with Crippen molar-refractivity contribution in [1.82, 2.24) is 0 Å². The second-order valence-corrected chi connectivity index (χ2v) is 21.8. The molecule has 0 aliphatic heterocycles. The van der Waals surface area contributed by atoms with Gasteiger partial charge in [-0.1, -0.05) is 198 Å². The van der Waals surface area contributed by atoms with Crippen LogP contribution in [0.5, 0.6) is 11.5 Å². The lowest BCUT2D eigenvalue weighted by atomic mass is 9.75. The van der Waals surface area contributed by atoms with Crippen molar-refractivity contribution in [2.24, 2.45) is 47.3 Å². The minimum Gasteiger partial charge on any atom is -0.494 e. The summed E-state index contributed by atoms with van der Waals surface area (Å²) in [6.07, 6.45) is 52.8. The lowest BCUT2D eigenvalue weighted by molar-refractivity contribution is 0.219. The van der Waals surface area contributed by atoms with Crippen molar-refractivity contribution in [1.29, 1.82) is 0 Å². The standard InChI is InChI=1S/C33H50O.C32H48O/c1-3-5-7-10-28-13-17-31(18-14-28)21-22-32-19-15-29(16-20-32)11-8-9-12-30-23-25-33(26-24-30)34-27-6-4-2;1-3-5-9-27-12-16-30(17-13-27)20-21-31-18-14-28(15-19-31)10-7-8-11-29-22-24-32(25-23-29)33-26-6-4-2/h8,11,23-26,28-29,31-32H,3-7,10,13-22,27H2,1-2H3;7,10,22-25,27-28,30-31H,3-6,9,12-21,26H2,1-2H3. The van der Waals surface area contributed by atoms with Crippen molar-refractivity contribution in [3.63, 3.8) is 0 Å². The van der Waals surface area contributed by atoms with Crippen molar-refractivity contribution in [3.8, 4) is 35.2 Å². The Labute approximate surface area is 414 Å². The van der Waals surface area contributed by atoms with Gasteiger partial charge in [0, 0.05) is 11.1 Å². The molecule has 0 radical (unpaired) electrons. The van der Waals surface area contributed by atoms with Crippen LogP contribution in [0.2, 0.25) is 0 Å². The quantitative estimate of drug-likeness (QED) is 0.0817. The zero-order valence-electron chi connectivity index (χ0n) is 43.7. The summed E-state index contributed by atoms with van der Waals surface area (Å²) in [5.74, 6) is 22.5. The number of ether oxygens (including phenoxy) is 2. The fourth-order valence-electron chi connectivity index (χ4n) is 11.6. The summed E-state index contributed by atoms with van der Waals surface area (Å²) in [5.41, 5.74) is 2.12. The molecular formula is C65H98O2. The van der Waals surface area contributed by atoms with E-state index in [9.17, 15) is 0 Å². The van der Waals surface area contributed by atoms with E-state index in [1.807, 2.05) is 24.3 Å². The first-order chi connectivity index (χ1) is 33.0. The highest BCUT2D eigenvalue weighted by molar-refractivity contribution is 5.41. The van der Waals surface area contributed by atoms with Crippen molar-refractivity contribution in [3.05, 3.63) is 84.0 Å². The maximum absolute atomic E-state index is 5.72. The molecule has 4 saturated carbocycles. The molecule has 2 nitrogen and oxygen atoms in total. The molecule has 2 aromatic carbocycles. The highest BCUT2D eigenvalue weighted by Gasteiger charge is 2.25. The Bertz CT molecular complexity index is 1710. The van der Waals surface area contributed by atoms with Gasteiger partial charge in [0.05, 0.1) is 13.2 Å². The molecule has 4 fully saturated rings. The molecule has 0 atom stereocenters. The Kier molecular flexibility index (Phi) is 27.7. The van der Waals surface area contributed by atoms with Crippen LogP contribution in [0, 0.1) is 71.0 Å². The van der Waals surface area contributed by atoms with E-state index in [0.717, 1.165) is 109 Å². The van der Waals surface area contributed by atoms with Crippen LogP contribution in [0.4, 0.5) is 0 Å². The van der Waals surface area contributed by atoms with Gasteiger partial charge in [0.2, 0.25) is 0 Å². The van der Waals surface area contributed by atoms with Crippen LogP contribution in [0.25, 0.3) is 0 Å². The van der Waals surface area contributed by atoms with Crippen LogP contribution < -0.4 is 9.47 Å². The molecule has 67 heavy (non-hydrogen) atoms. The van der Waals surface area contributed by atoms with E-state index < -0.39 is 0 Å². The summed E-state index contributed by atoms with van der Waals surface area (Å²) >= 11 is 0. The molecule has 0 N–H and O–H groups in total. The average Bonchev–Trinajstić information content (AvgIpc) is 3.37. The van der Waals surface area contributed by atoms with Crippen LogP contribution in [-0.4, -0.2) is 13.2 Å². The van der Waals surface area contributed by atoms with Gasteiger partial charge in [-0.2, -0.15) is 0 Å². The molecule has 0 bridgehead atoms. The van der Waals surface area contributed by atoms with E-state index in [0.29, 0.717) is 0 Å². The fraction of sp³-hybridized carbons (Fsp3) is 0.692. The third-order valence-corrected chi connectivity index (χ3v) is 16.4. The average molecular weight is 911 g/mol. The number of allylic oxidation sites excluding steroid dienone is 4. The first kappa shape index (κ1) is 54.6. The summed E-state index contributed by atoms with van der Waals surface area (Å²) < 4.78 is 11.4. The molecule has 0 unspecified atom stereocenters. The van der Waals surface area contributed by atoms with Crippen LogP contribution in [0.3, 0.4) is 0 Å². The Morgan fingerprint density at radius 1 is 0.373 bits per heavy atom. The van der Waals surface area contributed by atoms with Crippen molar-refractivity contribution < 1.29 is 9.47 Å². The van der Waals surface area contributed by atoms with Gasteiger partial charge < -0.3 is 9.47 Å². The van der Waals surface area contributed by atoms with Gasteiger partial charge in [0.25, 0.3) is 0 Å². The molecule has 2 heteroatoms. The van der Waals surface area contributed by atoms with Gasteiger partial charge in [-0.15, -0.1) is 0 Å². The largest absolute Gasteiger partial charge is 0.494 e. The highest BCUT2D eigenvalue weighted by atomic mass is 16.5. The number of benzene rings is 2. The van der Waals surface area contributed by atoms with Crippen LogP contribution in [0.15, 0.2) is 72.8 Å². The smallest absolute Gasteiger partial charge is 0.119 e. The van der Waals surface area contributed by atoms with E-state index in [4.69, 9.17) is 9.47 Å². The molecule has 4 aliphatic rings. The van der Waals surface area contributed by atoms with Crippen LogP contribution in [-0.2, 0) is 0 Å². The Morgan fingerprint density at radius 2 is 0.687 bits per heavy atom. The SMILES string of the molecule is CCCCCC1CCC(CCC2CCC(C=CC#Cc3ccc(OCCCC)cc3)CC2)CC1.CCCCOc1ccc(C#CC=CC2CCC(CCC3CCC(CCCC)CC3)CC2)cc1. The maximum atomic E-state index is 5.72. The van der Waals surface area contributed by atoms with Gasteiger partial charge in [-0.3, -0.25) is 0 Å². The van der Waals surface area contributed by atoms with Crippen molar-refractivity contribution in [2.45, 2.75) is 227 Å². The normalized spacial score (nSPS) is 25.3. The number of hydrogen-bond donors (Lipinski definition) is 0. The minimum atomic E-state index is 0.735. The van der Waals surface area contributed by atoms with Crippen molar-refractivity contribution >= 4 is 0 Å². The molecule has 370 valence electrons. The van der Waals surface area contributed by atoms with Gasteiger partial charge in [0.15, 0.2) is 0 Å². The second kappa shape index (κ2) is 34.0. The maximum Gasteiger partial charge on any atom is 0.119 e. The van der Waals surface area contributed by atoms with Gasteiger partial charge in [0.1, 0.15) is 11.5 Å². The molecule has 0 spiro atoms. The van der Waals surface area contributed by atoms with E-state index in [-0.39, 0.29) is 0 Å². The van der Waals surface area contributed by atoms with E-state index >= 15 is 0 Å². The fourth-order valence-corrected chi connectivity index (χ4v) is 11.6. The summed E-state index contributed by atoms with van der Waals surface area (Å²) in [7, 11) is 0. The lowest BCUT2D eigenvalue weighted by Crippen LogP contribution is -2.17. The zero-order valence-corrected chi connectivity index (χ0v) is 43.7. The zero-order chi connectivity index (χ0) is 47.0. The second-order valence-electron chi connectivity index (χ2n) is 21.8. The molecule has 0 heterocycles. The van der Waals surface area contributed by atoms with E-state index in [1.165, 1.54) is 173 Å². The molecule has 4 aliphatic carbocycles. The lowest BCUT2D eigenvalue weighted by Gasteiger charge is -2.31. The molecule has 0 amide bonds. The number of hydrogen-bond acceptors (Lipinski definition) is 2. The Hall–Kier alpha value is -3.36. The van der Waals surface area contributed by atoms with Crippen molar-refractivity contribution in [2.75, 3.05) is 13.2 Å². The molecule has 6 rings (SSSR count). The van der Waals surface area contributed by atoms with Gasteiger partial charge >= 0.3 is 0 Å². The summed E-state index contributed by atoms with van der Waals surface area (Å²) in [5, 5.41) is 0. The third kappa shape index (κ3) is 23.2. The minimum absolute atomic E-state index is 0.735. The predicted molar refractivity (Wildman–Crippen MR) is 290 cm³/mol.